The number of ether oxygens (including phenoxy) is 1. The SMILES string of the molecule is CCCCOC1CCC(CC(N)=O)CC1. The van der Waals surface area contributed by atoms with E-state index in [2.05, 4.69) is 6.92 Å². The van der Waals surface area contributed by atoms with Gasteiger partial charge in [0.15, 0.2) is 0 Å². The number of amides is 1. The van der Waals surface area contributed by atoms with E-state index in [4.69, 9.17) is 10.5 Å². The second-order valence-corrected chi connectivity index (χ2v) is 4.54. The fourth-order valence-electron chi connectivity index (χ4n) is 2.18. The summed E-state index contributed by atoms with van der Waals surface area (Å²) in [5, 5.41) is 0. The smallest absolute Gasteiger partial charge is 0.217 e. The molecule has 0 aromatic heterocycles. The molecule has 1 rings (SSSR count). The zero-order valence-corrected chi connectivity index (χ0v) is 9.71. The van der Waals surface area contributed by atoms with Crippen LogP contribution in [0.5, 0.6) is 0 Å². The second-order valence-electron chi connectivity index (χ2n) is 4.54. The Morgan fingerprint density at radius 1 is 1.33 bits per heavy atom. The van der Waals surface area contributed by atoms with E-state index in [1.807, 2.05) is 0 Å². The molecule has 15 heavy (non-hydrogen) atoms. The quantitative estimate of drug-likeness (QED) is 0.688. The molecule has 0 saturated heterocycles. The Morgan fingerprint density at radius 3 is 2.53 bits per heavy atom. The minimum atomic E-state index is -0.162. The molecule has 2 N–H and O–H groups in total. The standard InChI is InChI=1S/C12H23NO2/c1-2-3-8-15-11-6-4-10(5-7-11)9-12(13)14/h10-11H,2-9H2,1H3,(H2,13,14). The van der Waals surface area contributed by atoms with Gasteiger partial charge in [0.1, 0.15) is 0 Å². The Balaban J connectivity index is 2.10. The minimum absolute atomic E-state index is 0.162. The van der Waals surface area contributed by atoms with E-state index in [0.29, 0.717) is 18.4 Å². The molecule has 0 heterocycles. The van der Waals surface area contributed by atoms with Crippen molar-refractivity contribution >= 4 is 5.91 Å². The highest BCUT2D eigenvalue weighted by Gasteiger charge is 2.22. The molecule has 1 aliphatic rings. The zero-order chi connectivity index (χ0) is 11.1. The molecule has 1 amide bonds. The lowest BCUT2D eigenvalue weighted by molar-refractivity contribution is -0.119. The van der Waals surface area contributed by atoms with Crippen molar-refractivity contribution in [2.24, 2.45) is 11.7 Å². The van der Waals surface area contributed by atoms with Crippen molar-refractivity contribution in [1.82, 2.24) is 0 Å². The molecule has 1 aliphatic carbocycles. The molecule has 0 spiro atoms. The molecule has 3 heteroatoms. The average Bonchev–Trinajstić information content (AvgIpc) is 2.20. The summed E-state index contributed by atoms with van der Waals surface area (Å²) in [6.07, 6.45) is 7.73. The molecule has 0 radical (unpaired) electrons. The first-order valence-electron chi connectivity index (χ1n) is 6.12. The van der Waals surface area contributed by atoms with Gasteiger partial charge >= 0.3 is 0 Å². The number of rotatable bonds is 6. The fraction of sp³-hybridized carbons (Fsp3) is 0.917. The lowest BCUT2D eigenvalue weighted by Crippen LogP contribution is -2.25. The Morgan fingerprint density at radius 2 is 2.00 bits per heavy atom. The minimum Gasteiger partial charge on any atom is -0.378 e. The van der Waals surface area contributed by atoms with E-state index in [0.717, 1.165) is 38.7 Å². The third kappa shape index (κ3) is 5.17. The molecule has 0 atom stereocenters. The Kier molecular flexibility index (Phi) is 5.69. The van der Waals surface area contributed by atoms with Gasteiger partial charge in [-0.05, 0) is 38.0 Å². The monoisotopic (exact) mass is 213 g/mol. The highest BCUT2D eigenvalue weighted by molar-refractivity contribution is 5.73. The van der Waals surface area contributed by atoms with Gasteiger partial charge in [0.25, 0.3) is 0 Å². The lowest BCUT2D eigenvalue weighted by atomic mass is 9.85. The summed E-state index contributed by atoms with van der Waals surface area (Å²) in [5.74, 6) is 0.346. The zero-order valence-electron chi connectivity index (χ0n) is 9.71. The van der Waals surface area contributed by atoms with E-state index in [-0.39, 0.29) is 5.91 Å². The molecule has 1 saturated carbocycles. The average molecular weight is 213 g/mol. The third-order valence-corrected chi connectivity index (χ3v) is 3.14. The van der Waals surface area contributed by atoms with Crippen molar-refractivity contribution in [2.45, 2.75) is 58.0 Å². The molecular weight excluding hydrogens is 190 g/mol. The van der Waals surface area contributed by atoms with Crippen LogP contribution in [-0.4, -0.2) is 18.6 Å². The maximum atomic E-state index is 10.8. The molecule has 0 unspecified atom stereocenters. The number of primary amides is 1. The van der Waals surface area contributed by atoms with Gasteiger partial charge in [0.2, 0.25) is 5.91 Å². The normalized spacial score (nSPS) is 26.5. The molecule has 0 bridgehead atoms. The first kappa shape index (κ1) is 12.5. The predicted molar refractivity (Wildman–Crippen MR) is 60.4 cm³/mol. The van der Waals surface area contributed by atoms with Gasteiger partial charge < -0.3 is 10.5 Å². The van der Waals surface area contributed by atoms with Crippen LogP contribution < -0.4 is 5.73 Å². The van der Waals surface area contributed by atoms with Crippen molar-refractivity contribution in [3.63, 3.8) is 0 Å². The first-order valence-corrected chi connectivity index (χ1v) is 6.12. The lowest BCUT2D eigenvalue weighted by Gasteiger charge is -2.27. The van der Waals surface area contributed by atoms with Crippen LogP contribution in [0.1, 0.15) is 51.9 Å². The Bertz CT molecular complexity index is 186. The van der Waals surface area contributed by atoms with Crippen molar-refractivity contribution in [3.05, 3.63) is 0 Å². The number of hydrogen-bond acceptors (Lipinski definition) is 2. The van der Waals surface area contributed by atoms with Gasteiger partial charge in [-0.15, -0.1) is 0 Å². The second kappa shape index (κ2) is 6.83. The van der Waals surface area contributed by atoms with Crippen LogP contribution in [0.25, 0.3) is 0 Å². The Labute approximate surface area is 92.4 Å². The molecule has 0 aromatic rings. The molecule has 88 valence electrons. The summed E-state index contributed by atoms with van der Waals surface area (Å²) >= 11 is 0. The van der Waals surface area contributed by atoms with Crippen LogP contribution >= 0.6 is 0 Å². The van der Waals surface area contributed by atoms with Gasteiger partial charge in [-0.25, -0.2) is 0 Å². The predicted octanol–water partition coefficient (Wildman–Crippen LogP) is 2.24. The number of carbonyl (C=O) groups excluding carboxylic acids is 1. The van der Waals surface area contributed by atoms with E-state index in [1.165, 1.54) is 6.42 Å². The molecular formula is C12H23NO2. The topological polar surface area (TPSA) is 52.3 Å². The van der Waals surface area contributed by atoms with Crippen LogP contribution in [0.3, 0.4) is 0 Å². The summed E-state index contributed by atoms with van der Waals surface area (Å²) in [5.41, 5.74) is 5.19. The van der Waals surface area contributed by atoms with Crippen LogP contribution in [0.4, 0.5) is 0 Å². The van der Waals surface area contributed by atoms with Gasteiger partial charge in [0.05, 0.1) is 6.10 Å². The van der Waals surface area contributed by atoms with Gasteiger partial charge in [0, 0.05) is 13.0 Å². The fourth-order valence-corrected chi connectivity index (χ4v) is 2.18. The summed E-state index contributed by atoms with van der Waals surface area (Å²) in [6.45, 7) is 3.06. The van der Waals surface area contributed by atoms with Crippen molar-refractivity contribution in [1.29, 1.82) is 0 Å². The van der Waals surface area contributed by atoms with Crippen molar-refractivity contribution < 1.29 is 9.53 Å². The summed E-state index contributed by atoms with van der Waals surface area (Å²) in [4.78, 5) is 10.8. The molecule has 0 aliphatic heterocycles. The van der Waals surface area contributed by atoms with Gasteiger partial charge in [-0.1, -0.05) is 13.3 Å². The highest BCUT2D eigenvalue weighted by atomic mass is 16.5. The van der Waals surface area contributed by atoms with E-state index in [9.17, 15) is 4.79 Å². The summed E-state index contributed by atoms with van der Waals surface area (Å²) in [7, 11) is 0. The highest BCUT2D eigenvalue weighted by Crippen LogP contribution is 2.28. The molecule has 3 nitrogen and oxygen atoms in total. The summed E-state index contributed by atoms with van der Waals surface area (Å²) < 4.78 is 5.76. The van der Waals surface area contributed by atoms with Gasteiger partial charge in [-0.3, -0.25) is 4.79 Å². The van der Waals surface area contributed by atoms with Crippen LogP contribution in [0.15, 0.2) is 0 Å². The molecule has 0 aromatic carbocycles. The number of nitrogens with two attached hydrogens (primary N) is 1. The molecule has 1 fully saturated rings. The number of hydrogen-bond donors (Lipinski definition) is 1. The largest absolute Gasteiger partial charge is 0.378 e. The van der Waals surface area contributed by atoms with E-state index < -0.39 is 0 Å². The van der Waals surface area contributed by atoms with Crippen LogP contribution in [-0.2, 0) is 9.53 Å². The third-order valence-electron chi connectivity index (χ3n) is 3.14. The maximum absolute atomic E-state index is 10.8. The maximum Gasteiger partial charge on any atom is 0.217 e. The van der Waals surface area contributed by atoms with E-state index >= 15 is 0 Å². The van der Waals surface area contributed by atoms with Crippen LogP contribution in [0, 0.1) is 5.92 Å². The van der Waals surface area contributed by atoms with Crippen LogP contribution in [0.2, 0.25) is 0 Å². The van der Waals surface area contributed by atoms with Gasteiger partial charge in [-0.2, -0.15) is 0 Å². The van der Waals surface area contributed by atoms with Crippen molar-refractivity contribution in [3.8, 4) is 0 Å². The number of carbonyl (C=O) groups is 1. The van der Waals surface area contributed by atoms with Crippen molar-refractivity contribution in [2.75, 3.05) is 6.61 Å². The van der Waals surface area contributed by atoms with E-state index in [1.54, 1.807) is 0 Å². The Hall–Kier alpha value is -0.570. The summed E-state index contributed by atoms with van der Waals surface area (Å²) in [6, 6.07) is 0. The number of unbranched alkanes of at least 4 members (excludes halogenated alkanes) is 1. The first-order chi connectivity index (χ1) is 7.22.